The van der Waals surface area contributed by atoms with E-state index < -0.39 is 0 Å². The van der Waals surface area contributed by atoms with E-state index in [9.17, 15) is 0 Å². The molecule has 2 rings (SSSR count). The number of hydrogen-bond acceptors (Lipinski definition) is 4. The Balaban J connectivity index is 0.00000364. The van der Waals surface area contributed by atoms with E-state index in [1.807, 2.05) is 29.2 Å². The fraction of sp³-hybridized carbons (Fsp3) is 0.474. The van der Waals surface area contributed by atoms with Crippen molar-refractivity contribution >= 4 is 29.9 Å². The van der Waals surface area contributed by atoms with Crippen LogP contribution in [0.2, 0.25) is 0 Å². The Hall–Kier alpha value is -1.65. The molecule has 0 radical (unpaired) electrons. The van der Waals surface area contributed by atoms with Crippen molar-refractivity contribution in [3.63, 3.8) is 0 Å². The molecule has 7 nitrogen and oxygen atoms in total. The van der Waals surface area contributed by atoms with E-state index in [1.54, 1.807) is 20.4 Å². The molecule has 27 heavy (non-hydrogen) atoms. The lowest BCUT2D eigenvalue weighted by atomic mass is 10.1. The summed E-state index contributed by atoms with van der Waals surface area (Å²) in [6.45, 7) is 4.32. The Morgan fingerprint density at radius 3 is 2.78 bits per heavy atom. The number of rotatable bonds is 10. The van der Waals surface area contributed by atoms with Crippen LogP contribution in [0.15, 0.2) is 48.0 Å². The van der Waals surface area contributed by atoms with Gasteiger partial charge in [0.1, 0.15) is 0 Å². The van der Waals surface area contributed by atoms with Gasteiger partial charge in [0.25, 0.3) is 0 Å². The minimum atomic E-state index is 0. The number of halogens is 1. The highest BCUT2D eigenvalue weighted by Gasteiger charge is 2.05. The second-order valence-corrected chi connectivity index (χ2v) is 6.10. The molecule has 0 spiro atoms. The minimum Gasteiger partial charge on any atom is -0.385 e. The monoisotopic (exact) mass is 486 g/mol. The maximum absolute atomic E-state index is 5.09. The third-order valence-electron chi connectivity index (χ3n) is 4.12. The normalized spacial score (nSPS) is 11.3. The molecule has 1 heterocycles. The molecule has 0 amide bonds. The number of likely N-dealkylation sites (N-methyl/N-ethyl adjacent to an activating group) is 1. The molecule has 0 bridgehead atoms. The molecule has 0 aliphatic heterocycles. The zero-order chi connectivity index (χ0) is 18.6. The number of imidazole rings is 1. The number of para-hydroxylation sites is 1. The van der Waals surface area contributed by atoms with Gasteiger partial charge >= 0.3 is 0 Å². The van der Waals surface area contributed by atoms with Gasteiger partial charge in [-0.15, -0.1) is 24.0 Å². The SMILES string of the molecule is CN=C(NCCN(C)CCCOC)NCc1ccccc1-n1ccnc1.I. The van der Waals surface area contributed by atoms with Crippen LogP contribution in [0, 0.1) is 0 Å². The molecule has 0 saturated heterocycles. The third kappa shape index (κ3) is 8.27. The van der Waals surface area contributed by atoms with Crippen LogP contribution in [0.5, 0.6) is 0 Å². The van der Waals surface area contributed by atoms with Crippen molar-refractivity contribution in [2.24, 2.45) is 4.99 Å². The van der Waals surface area contributed by atoms with Gasteiger partial charge in [-0.05, 0) is 25.1 Å². The molecule has 2 aromatic rings. The highest BCUT2D eigenvalue weighted by Crippen LogP contribution is 2.13. The first kappa shape index (κ1) is 23.4. The van der Waals surface area contributed by atoms with Gasteiger partial charge in [0.05, 0.1) is 12.0 Å². The summed E-state index contributed by atoms with van der Waals surface area (Å²) in [6.07, 6.45) is 6.59. The van der Waals surface area contributed by atoms with E-state index in [0.29, 0.717) is 6.54 Å². The van der Waals surface area contributed by atoms with Crippen LogP contribution < -0.4 is 10.6 Å². The number of methoxy groups -OCH3 is 1. The first-order valence-corrected chi connectivity index (χ1v) is 8.93. The Labute approximate surface area is 179 Å². The van der Waals surface area contributed by atoms with Crippen LogP contribution in [0.1, 0.15) is 12.0 Å². The number of guanidine groups is 1. The number of hydrogen-bond donors (Lipinski definition) is 2. The van der Waals surface area contributed by atoms with Gasteiger partial charge in [-0.2, -0.15) is 0 Å². The molecule has 1 aromatic heterocycles. The van der Waals surface area contributed by atoms with E-state index >= 15 is 0 Å². The summed E-state index contributed by atoms with van der Waals surface area (Å²) in [4.78, 5) is 10.7. The third-order valence-corrected chi connectivity index (χ3v) is 4.12. The van der Waals surface area contributed by atoms with Crippen molar-refractivity contribution in [1.82, 2.24) is 25.1 Å². The van der Waals surface area contributed by atoms with Gasteiger partial charge in [0.2, 0.25) is 0 Å². The summed E-state index contributed by atoms with van der Waals surface area (Å²) in [5.41, 5.74) is 2.30. The van der Waals surface area contributed by atoms with Crippen LogP contribution in [-0.4, -0.2) is 67.9 Å². The fourth-order valence-electron chi connectivity index (χ4n) is 2.67. The van der Waals surface area contributed by atoms with Gasteiger partial charge in [0.15, 0.2) is 5.96 Å². The van der Waals surface area contributed by atoms with Crippen molar-refractivity contribution in [3.05, 3.63) is 48.5 Å². The second-order valence-electron chi connectivity index (χ2n) is 6.10. The number of aliphatic imine (C=N–C) groups is 1. The van der Waals surface area contributed by atoms with Crippen LogP contribution in [-0.2, 0) is 11.3 Å². The summed E-state index contributed by atoms with van der Waals surface area (Å²) in [6, 6.07) is 8.27. The first-order valence-electron chi connectivity index (χ1n) is 8.93. The largest absolute Gasteiger partial charge is 0.385 e. The minimum absolute atomic E-state index is 0. The van der Waals surface area contributed by atoms with E-state index in [-0.39, 0.29) is 24.0 Å². The van der Waals surface area contributed by atoms with E-state index in [0.717, 1.165) is 44.3 Å². The van der Waals surface area contributed by atoms with Crippen LogP contribution >= 0.6 is 24.0 Å². The molecule has 2 N–H and O–H groups in total. The molecule has 150 valence electrons. The standard InChI is InChI=1S/C19H30N6O.HI/c1-20-19(22-10-12-24(2)11-6-14-26-3)23-15-17-7-4-5-8-18(17)25-13-9-21-16-25;/h4-5,7-9,13,16H,6,10-12,14-15H2,1-3H3,(H2,20,22,23);1H. The number of aromatic nitrogens is 2. The summed E-state index contributed by atoms with van der Waals surface area (Å²) < 4.78 is 7.10. The zero-order valence-corrected chi connectivity index (χ0v) is 18.7. The second kappa shape index (κ2) is 13.5. The predicted molar refractivity (Wildman–Crippen MR) is 121 cm³/mol. The molecule has 0 saturated carbocycles. The molecule has 8 heteroatoms. The van der Waals surface area contributed by atoms with Crippen molar-refractivity contribution in [1.29, 1.82) is 0 Å². The van der Waals surface area contributed by atoms with E-state index in [4.69, 9.17) is 4.74 Å². The average molecular weight is 486 g/mol. The summed E-state index contributed by atoms with van der Waals surface area (Å²) in [7, 11) is 5.65. The summed E-state index contributed by atoms with van der Waals surface area (Å²) in [5, 5.41) is 6.74. The number of ether oxygens (including phenoxy) is 1. The lowest BCUT2D eigenvalue weighted by Gasteiger charge is -2.18. The van der Waals surface area contributed by atoms with Crippen molar-refractivity contribution in [2.75, 3.05) is 47.4 Å². The van der Waals surface area contributed by atoms with Gasteiger partial charge in [-0.1, -0.05) is 18.2 Å². The molecule has 1 aromatic carbocycles. The molecule has 0 atom stereocenters. The first-order chi connectivity index (χ1) is 12.7. The number of benzene rings is 1. The van der Waals surface area contributed by atoms with Crippen molar-refractivity contribution < 1.29 is 4.74 Å². The molecule has 0 aliphatic carbocycles. The van der Waals surface area contributed by atoms with Gasteiger partial charge in [-0.25, -0.2) is 4.98 Å². The summed E-state index contributed by atoms with van der Waals surface area (Å²) >= 11 is 0. The van der Waals surface area contributed by atoms with Gasteiger partial charge < -0.3 is 24.8 Å². The topological polar surface area (TPSA) is 66.7 Å². The lowest BCUT2D eigenvalue weighted by Crippen LogP contribution is -2.40. The highest BCUT2D eigenvalue weighted by molar-refractivity contribution is 14.0. The van der Waals surface area contributed by atoms with Crippen LogP contribution in [0.25, 0.3) is 5.69 Å². The maximum atomic E-state index is 5.09. The number of nitrogens with zero attached hydrogens (tertiary/aromatic N) is 4. The Bertz CT molecular complexity index is 662. The number of nitrogens with one attached hydrogen (secondary N) is 2. The highest BCUT2D eigenvalue weighted by atomic mass is 127. The van der Waals surface area contributed by atoms with Crippen LogP contribution in [0.4, 0.5) is 0 Å². The van der Waals surface area contributed by atoms with Crippen molar-refractivity contribution in [3.8, 4) is 5.69 Å². The Morgan fingerprint density at radius 2 is 2.07 bits per heavy atom. The van der Waals surface area contributed by atoms with E-state index in [1.165, 1.54) is 5.56 Å². The lowest BCUT2D eigenvalue weighted by molar-refractivity contribution is 0.180. The van der Waals surface area contributed by atoms with Gasteiger partial charge in [-0.3, -0.25) is 4.99 Å². The van der Waals surface area contributed by atoms with Gasteiger partial charge in [0, 0.05) is 59.3 Å². The predicted octanol–water partition coefficient (Wildman–Crippen LogP) is 2.12. The summed E-state index contributed by atoms with van der Waals surface area (Å²) in [5.74, 6) is 0.802. The molecule has 0 fully saturated rings. The Kier molecular flexibility index (Phi) is 11.7. The fourth-order valence-corrected chi connectivity index (χ4v) is 2.67. The smallest absolute Gasteiger partial charge is 0.191 e. The molecular weight excluding hydrogens is 455 g/mol. The zero-order valence-electron chi connectivity index (χ0n) is 16.4. The Morgan fingerprint density at radius 1 is 1.26 bits per heavy atom. The molecule has 0 unspecified atom stereocenters. The average Bonchev–Trinajstić information content (AvgIpc) is 3.19. The molecular formula is C19H31IN6O. The van der Waals surface area contributed by atoms with Crippen molar-refractivity contribution in [2.45, 2.75) is 13.0 Å². The molecule has 0 aliphatic rings. The van der Waals surface area contributed by atoms with E-state index in [2.05, 4.69) is 44.7 Å². The maximum Gasteiger partial charge on any atom is 0.191 e. The quantitative estimate of drug-likeness (QED) is 0.233. The van der Waals surface area contributed by atoms with Crippen LogP contribution in [0.3, 0.4) is 0 Å².